The first-order valence-electron chi connectivity index (χ1n) is 10.0. The molecule has 25 heavy (non-hydrogen) atoms. The van der Waals surface area contributed by atoms with Crippen LogP contribution in [0.4, 0.5) is 0 Å². The van der Waals surface area contributed by atoms with E-state index in [0.29, 0.717) is 12.0 Å². The van der Waals surface area contributed by atoms with Gasteiger partial charge in [-0.05, 0) is 44.1 Å². The molecule has 1 aromatic carbocycles. The number of rotatable bonds is 7. The van der Waals surface area contributed by atoms with Gasteiger partial charge in [-0.2, -0.15) is 5.10 Å². The number of ether oxygens (including phenoxy) is 1. The Kier molecular flexibility index (Phi) is 5.09. The largest absolute Gasteiger partial charge is 0.378 e. The lowest BCUT2D eigenvalue weighted by Gasteiger charge is -2.40. The standard InChI is InChI=1S/C21H31N3O/c1-3-10-25-20-11-18-8-9-19(12-20)23(18)14-16(2)15-24-21-7-5-4-6-17(21)13-22-24/h4-7,13,16,18-20H,3,8-12,14-15H2,1-2H3/t16-,18?,19?,20?/m1/s1. The zero-order chi connectivity index (χ0) is 17.2. The van der Waals surface area contributed by atoms with Crippen LogP contribution in [0.25, 0.3) is 10.9 Å². The lowest BCUT2D eigenvalue weighted by atomic mass is 9.98. The zero-order valence-corrected chi connectivity index (χ0v) is 15.6. The van der Waals surface area contributed by atoms with Crippen LogP contribution in [0.2, 0.25) is 0 Å². The van der Waals surface area contributed by atoms with E-state index in [4.69, 9.17) is 4.74 Å². The average molecular weight is 341 g/mol. The fourth-order valence-electron chi connectivity index (χ4n) is 4.83. The molecular weight excluding hydrogens is 310 g/mol. The summed E-state index contributed by atoms with van der Waals surface area (Å²) in [6.07, 6.45) is 8.79. The Morgan fingerprint density at radius 2 is 1.92 bits per heavy atom. The highest BCUT2D eigenvalue weighted by molar-refractivity contribution is 5.78. The second kappa shape index (κ2) is 7.46. The van der Waals surface area contributed by atoms with E-state index in [0.717, 1.165) is 31.7 Å². The van der Waals surface area contributed by atoms with Gasteiger partial charge in [-0.3, -0.25) is 9.58 Å². The van der Waals surface area contributed by atoms with Crippen LogP contribution in [0, 0.1) is 5.92 Å². The molecule has 4 rings (SSSR count). The van der Waals surface area contributed by atoms with Crippen molar-refractivity contribution in [2.24, 2.45) is 5.92 Å². The summed E-state index contributed by atoms with van der Waals surface area (Å²) in [5.74, 6) is 0.611. The molecule has 2 fully saturated rings. The van der Waals surface area contributed by atoms with E-state index in [1.165, 1.54) is 43.1 Å². The minimum Gasteiger partial charge on any atom is -0.378 e. The normalized spacial score (nSPS) is 27.8. The van der Waals surface area contributed by atoms with E-state index in [1.54, 1.807) is 0 Å². The van der Waals surface area contributed by atoms with E-state index in [2.05, 4.69) is 52.8 Å². The molecule has 0 radical (unpaired) electrons. The predicted octanol–water partition coefficient (Wildman–Crippen LogP) is 4.09. The van der Waals surface area contributed by atoms with Crippen LogP contribution in [-0.4, -0.2) is 46.0 Å². The van der Waals surface area contributed by atoms with Crippen LogP contribution in [0.1, 0.15) is 46.0 Å². The first-order chi connectivity index (χ1) is 12.2. The van der Waals surface area contributed by atoms with Gasteiger partial charge in [0.05, 0.1) is 17.8 Å². The van der Waals surface area contributed by atoms with Crippen LogP contribution >= 0.6 is 0 Å². The smallest absolute Gasteiger partial charge is 0.0682 e. The summed E-state index contributed by atoms with van der Waals surface area (Å²) in [4.78, 5) is 2.78. The number of nitrogens with zero attached hydrogens (tertiary/aromatic N) is 3. The molecule has 0 spiro atoms. The van der Waals surface area contributed by atoms with Crippen molar-refractivity contribution >= 4 is 10.9 Å². The number of para-hydroxylation sites is 1. The fourth-order valence-corrected chi connectivity index (χ4v) is 4.83. The lowest BCUT2D eigenvalue weighted by Crippen LogP contribution is -2.47. The molecule has 0 N–H and O–H groups in total. The van der Waals surface area contributed by atoms with Gasteiger partial charge < -0.3 is 4.74 Å². The number of fused-ring (bicyclic) bond motifs is 3. The summed E-state index contributed by atoms with van der Waals surface area (Å²) in [5, 5.41) is 5.85. The molecule has 2 bridgehead atoms. The molecule has 0 saturated carbocycles. The second-order valence-corrected chi connectivity index (χ2v) is 8.04. The summed E-state index contributed by atoms with van der Waals surface area (Å²) in [6.45, 7) is 7.68. The minimum atomic E-state index is 0.499. The Morgan fingerprint density at radius 1 is 1.16 bits per heavy atom. The molecule has 0 amide bonds. The first-order valence-corrected chi connectivity index (χ1v) is 10.0. The maximum absolute atomic E-state index is 6.06. The van der Waals surface area contributed by atoms with Gasteiger partial charge in [0, 0.05) is 37.2 Å². The van der Waals surface area contributed by atoms with E-state index in [-0.39, 0.29) is 0 Å². The van der Waals surface area contributed by atoms with Crippen molar-refractivity contribution in [3.8, 4) is 0 Å². The van der Waals surface area contributed by atoms with Gasteiger partial charge in [0.2, 0.25) is 0 Å². The van der Waals surface area contributed by atoms with Gasteiger partial charge >= 0.3 is 0 Å². The van der Waals surface area contributed by atoms with Crippen molar-refractivity contribution in [2.45, 2.75) is 70.7 Å². The van der Waals surface area contributed by atoms with Crippen LogP contribution in [0.3, 0.4) is 0 Å². The topological polar surface area (TPSA) is 30.3 Å². The van der Waals surface area contributed by atoms with E-state index < -0.39 is 0 Å². The molecule has 0 aliphatic carbocycles. The Bertz CT molecular complexity index is 683. The van der Waals surface area contributed by atoms with Gasteiger partial charge in [-0.1, -0.05) is 32.0 Å². The summed E-state index contributed by atoms with van der Waals surface area (Å²) < 4.78 is 8.24. The summed E-state index contributed by atoms with van der Waals surface area (Å²) >= 11 is 0. The van der Waals surface area contributed by atoms with E-state index in [9.17, 15) is 0 Å². The van der Waals surface area contributed by atoms with Crippen LogP contribution in [-0.2, 0) is 11.3 Å². The molecule has 3 atom stereocenters. The molecule has 2 aliphatic heterocycles. The Hall–Kier alpha value is -1.39. The molecule has 2 saturated heterocycles. The molecule has 2 aliphatic rings. The molecule has 2 unspecified atom stereocenters. The van der Waals surface area contributed by atoms with E-state index in [1.807, 2.05) is 6.20 Å². The lowest BCUT2D eigenvalue weighted by molar-refractivity contribution is -0.0237. The molecular formula is C21H31N3O. The molecule has 3 heterocycles. The fraction of sp³-hybridized carbons (Fsp3) is 0.667. The van der Waals surface area contributed by atoms with Crippen LogP contribution in [0.5, 0.6) is 0 Å². The Labute approximate surface area is 151 Å². The third-order valence-electron chi connectivity index (χ3n) is 5.96. The number of aromatic nitrogens is 2. The minimum absolute atomic E-state index is 0.499. The number of piperidine rings is 1. The Morgan fingerprint density at radius 3 is 2.68 bits per heavy atom. The van der Waals surface area contributed by atoms with Crippen molar-refractivity contribution in [2.75, 3.05) is 13.2 Å². The second-order valence-electron chi connectivity index (χ2n) is 8.04. The maximum atomic E-state index is 6.06. The zero-order valence-electron chi connectivity index (χ0n) is 15.6. The number of hydrogen-bond donors (Lipinski definition) is 0. The van der Waals surface area contributed by atoms with Gasteiger partial charge in [0.15, 0.2) is 0 Å². The molecule has 4 nitrogen and oxygen atoms in total. The maximum Gasteiger partial charge on any atom is 0.0682 e. The highest BCUT2D eigenvalue weighted by Crippen LogP contribution is 2.37. The molecule has 136 valence electrons. The molecule has 1 aromatic heterocycles. The van der Waals surface area contributed by atoms with E-state index >= 15 is 0 Å². The quantitative estimate of drug-likeness (QED) is 0.760. The van der Waals surface area contributed by atoms with Gasteiger partial charge in [0.1, 0.15) is 0 Å². The predicted molar refractivity (Wildman–Crippen MR) is 102 cm³/mol. The third-order valence-corrected chi connectivity index (χ3v) is 5.96. The monoisotopic (exact) mass is 341 g/mol. The Balaban J connectivity index is 1.36. The first kappa shape index (κ1) is 17.0. The average Bonchev–Trinajstić information content (AvgIpc) is 3.11. The van der Waals surface area contributed by atoms with Gasteiger partial charge in [-0.25, -0.2) is 0 Å². The van der Waals surface area contributed by atoms with Crippen molar-refractivity contribution in [1.82, 2.24) is 14.7 Å². The SMILES string of the molecule is CCCOC1CC2CCC(C1)N2C[C@@H](C)Cn1ncc2ccccc21. The summed E-state index contributed by atoms with van der Waals surface area (Å²) in [6, 6.07) is 9.97. The van der Waals surface area contributed by atoms with Crippen molar-refractivity contribution in [3.63, 3.8) is 0 Å². The summed E-state index contributed by atoms with van der Waals surface area (Å²) in [5.41, 5.74) is 1.25. The van der Waals surface area contributed by atoms with Gasteiger partial charge in [0.25, 0.3) is 0 Å². The van der Waals surface area contributed by atoms with Crippen molar-refractivity contribution in [1.29, 1.82) is 0 Å². The van der Waals surface area contributed by atoms with Crippen LogP contribution < -0.4 is 0 Å². The van der Waals surface area contributed by atoms with Crippen molar-refractivity contribution in [3.05, 3.63) is 30.5 Å². The molecule has 4 heteroatoms. The highest BCUT2D eigenvalue weighted by Gasteiger charge is 2.41. The number of hydrogen-bond acceptors (Lipinski definition) is 3. The molecule has 2 aromatic rings. The van der Waals surface area contributed by atoms with Crippen LogP contribution in [0.15, 0.2) is 30.5 Å². The number of benzene rings is 1. The van der Waals surface area contributed by atoms with Crippen molar-refractivity contribution < 1.29 is 4.74 Å². The summed E-state index contributed by atoms with van der Waals surface area (Å²) in [7, 11) is 0. The third kappa shape index (κ3) is 3.61. The van der Waals surface area contributed by atoms with Gasteiger partial charge in [-0.15, -0.1) is 0 Å². The highest BCUT2D eigenvalue weighted by atomic mass is 16.5.